The van der Waals surface area contributed by atoms with Crippen LogP contribution in [-0.4, -0.2) is 79.5 Å². The molecular formula is C40H44BrClN6O5. The van der Waals surface area contributed by atoms with Crippen LogP contribution < -0.4 is 14.8 Å². The molecule has 0 aliphatic carbocycles. The van der Waals surface area contributed by atoms with Crippen molar-refractivity contribution in [3.63, 3.8) is 0 Å². The summed E-state index contributed by atoms with van der Waals surface area (Å²) in [6, 6.07) is 19.6. The molecule has 1 fully saturated rings. The largest absolute Gasteiger partial charge is 0.488 e. The van der Waals surface area contributed by atoms with Crippen LogP contribution in [-0.2, 0) is 26.3 Å². The Bertz CT molecular complexity index is 2070. The maximum absolute atomic E-state index is 9.81. The van der Waals surface area contributed by atoms with E-state index in [9.17, 15) is 20.6 Å². The highest BCUT2D eigenvalue weighted by Crippen LogP contribution is 2.38. The Morgan fingerprint density at radius 2 is 1.75 bits per heavy atom. The van der Waals surface area contributed by atoms with Crippen LogP contribution in [0.2, 0.25) is 5.02 Å². The normalized spacial score (nSPS) is 14.8. The fourth-order valence-electron chi connectivity index (χ4n) is 6.40. The SMILES string of the molecule is CC(CO)(CO)NCc1cc(Cl)c(OCc2cccc(-c3cccc4c3cnn4CCCCN3CC[C@@H](O)C3)c2Br)cc1OCc1cncc(C#N)c1. The molecule has 13 heteroatoms. The molecule has 278 valence electrons. The van der Waals surface area contributed by atoms with Crippen molar-refractivity contribution in [2.75, 3.05) is 32.8 Å². The van der Waals surface area contributed by atoms with Gasteiger partial charge >= 0.3 is 0 Å². The van der Waals surface area contributed by atoms with Crippen LogP contribution in [0.1, 0.15) is 48.4 Å². The number of unbranched alkanes of at least 4 members (excludes halogenated alkanes) is 1. The Balaban J connectivity index is 1.18. The smallest absolute Gasteiger partial charge is 0.142 e. The third-order valence-corrected chi connectivity index (χ3v) is 10.8. The van der Waals surface area contributed by atoms with Crippen molar-refractivity contribution < 1.29 is 24.8 Å². The van der Waals surface area contributed by atoms with Gasteiger partial charge in [-0.15, -0.1) is 0 Å². The van der Waals surface area contributed by atoms with Crippen LogP contribution in [0, 0.1) is 11.3 Å². The minimum atomic E-state index is -0.913. The van der Waals surface area contributed by atoms with E-state index < -0.39 is 5.54 Å². The lowest BCUT2D eigenvalue weighted by molar-refractivity contribution is 0.103. The molecule has 4 N–H and O–H groups in total. The first-order chi connectivity index (χ1) is 25.7. The minimum absolute atomic E-state index is 0.146. The van der Waals surface area contributed by atoms with Crippen LogP contribution in [0.3, 0.4) is 0 Å². The van der Waals surface area contributed by atoms with Crippen molar-refractivity contribution in [3.05, 3.63) is 105 Å². The molecule has 0 spiro atoms. The lowest BCUT2D eigenvalue weighted by Gasteiger charge is -2.27. The van der Waals surface area contributed by atoms with E-state index >= 15 is 0 Å². The molecule has 6 rings (SSSR count). The lowest BCUT2D eigenvalue weighted by atomic mass is 10.00. The molecule has 2 aromatic heterocycles. The summed E-state index contributed by atoms with van der Waals surface area (Å²) in [4.78, 5) is 6.46. The van der Waals surface area contributed by atoms with Crippen LogP contribution >= 0.6 is 27.5 Å². The van der Waals surface area contributed by atoms with Crippen molar-refractivity contribution in [2.45, 2.75) is 64.1 Å². The second-order valence-corrected chi connectivity index (χ2v) is 14.9. The maximum Gasteiger partial charge on any atom is 0.142 e. The zero-order chi connectivity index (χ0) is 37.4. The first kappa shape index (κ1) is 38.7. The number of nitrogens with one attached hydrogen (secondary N) is 1. The number of rotatable bonds is 17. The number of aryl methyl sites for hydroxylation is 1. The second kappa shape index (κ2) is 17.8. The van der Waals surface area contributed by atoms with Gasteiger partial charge < -0.3 is 35.0 Å². The molecule has 53 heavy (non-hydrogen) atoms. The Morgan fingerprint density at radius 3 is 2.53 bits per heavy atom. The zero-order valence-corrected chi connectivity index (χ0v) is 32.0. The molecule has 0 radical (unpaired) electrons. The number of aromatic nitrogens is 3. The summed E-state index contributed by atoms with van der Waals surface area (Å²) in [5.74, 6) is 0.909. The number of ether oxygens (including phenoxy) is 2. The summed E-state index contributed by atoms with van der Waals surface area (Å²) in [6.45, 7) is 5.36. The van der Waals surface area contributed by atoms with Crippen LogP contribution in [0.4, 0.5) is 0 Å². The van der Waals surface area contributed by atoms with Gasteiger partial charge in [0, 0.05) is 71.2 Å². The van der Waals surface area contributed by atoms with Crippen LogP contribution in [0.15, 0.2) is 77.7 Å². The van der Waals surface area contributed by atoms with Gasteiger partial charge in [0.15, 0.2) is 0 Å². The number of hydrogen-bond acceptors (Lipinski definition) is 10. The molecule has 1 aliphatic rings. The van der Waals surface area contributed by atoms with Gasteiger partial charge in [0.05, 0.1) is 47.2 Å². The van der Waals surface area contributed by atoms with Crippen molar-refractivity contribution in [2.24, 2.45) is 0 Å². The highest BCUT2D eigenvalue weighted by atomic mass is 79.9. The topological polar surface area (TPSA) is 149 Å². The van der Waals surface area contributed by atoms with E-state index in [1.807, 2.05) is 18.3 Å². The molecular weight excluding hydrogens is 760 g/mol. The highest BCUT2D eigenvalue weighted by molar-refractivity contribution is 9.10. The van der Waals surface area contributed by atoms with Crippen LogP contribution in [0.5, 0.6) is 11.5 Å². The van der Waals surface area contributed by atoms with E-state index in [0.717, 1.165) is 83.1 Å². The Morgan fingerprint density at radius 1 is 0.981 bits per heavy atom. The number of halogens is 2. The molecule has 3 heterocycles. The predicted molar refractivity (Wildman–Crippen MR) is 208 cm³/mol. The number of pyridine rings is 1. The second-order valence-electron chi connectivity index (χ2n) is 13.7. The number of β-amino-alcohol motifs (C(OH)–C–C–N with tert-alkyl or cyclic N) is 1. The van der Waals surface area contributed by atoms with Gasteiger partial charge in [-0.3, -0.25) is 9.67 Å². The lowest BCUT2D eigenvalue weighted by Crippen LogP contribution is -2.48. The van der Waals surface area contributed by atoms with Gasteiger partial charge in [-0.25, -0.2) is 0 Å². The number of aliphatic hydroxyl groups excluding tert-OH is 3. The summed E-state index contributed by atoms with van der Waals surface area (Å²) in [7, 11) is 0. The monoisotopic (exact) mass is 802 g/mol. The van der Waals surface area contributed by atoms with Gasteiger partial charge in [-0.2, -0.15) is 10.4 Å². The predicted octanol–water partition coefficient (Wildman–Crippen LogP) is 6.22. The number of likely N-dealkylation sites (tertiary alicyclic amines) is 1. The van der Waals surface area contributed by atoms with Crippen molar-refractivity contribution in [1.82, 2.24) is 25.0 Å². The van der Waals surface area contributed by atoms with Crippen molar-refractivity contribution >= 4 is 38.4 Å². The molecule has 0 amide bonds. The molecule has 1 saturated heterocycles. The summed E-state index contributed by atoms with van der Waals surface area (Å²) < 4.78 is 15.5. The van der Waals surface area contributed by atoms with E-state index in [2.05, 4.69) is 66.1 Å². The fraction of sp³-hybridized carbons (Fsp3) is 0.375. The average molecular weight is 804 g/mol. The van der Waals surface area contributed by atoms with Crippen molar-refractivity contribution in [3.8, 4) is 28.7 Å². The number of nitrogens with zero attached hydrogens (tertiary/aromatic N) is 5. The van der Waals surface area contributed by atoms with Gasteiger partial charge in [-0.05, 0) is 78.0 Å². The standard InChI is InChI=1S/C40H44BrClN6O5/c1-40(25-49,26-50)45-20-30-15-35(42)38(16-37(30)52-23-28-14-27(17-43)18-44-19-28)53-24-29-6-4-8-33(39(29)41)32-7-5-9-36-34(32)21-46-48(36)12-3-2-11-47-13-10-31(51)22-47/h4-9,14-16,18-19,21,31,45,49-51H,2-3,10-13,20,22-26H2,1H3/t31-/m1/s1. The Hall–Kier alpha value is -4.06. The Kier molecular flexibility index (Phi) is 13.0. The minimum Gasteiger partial charge on any atom is -0.488 e. The van der Waals surface area contributed by atoms with Gasteiger partial charge in [-0.1, -0.05) is 41.9 Å². The van der Waals surface area contributed by atoms with E-state index in [1.165, 1.54) is 6.20 Å². The van der Waals surface area contributed by atoms with E-state index in [1.54, 1.807) is 31.3 Å². The summed E-state index contributed by atoms with van der Waals surface area (Å²) in [5, 5.41) is 48.1. The number of fused-ring (bicyclic) bond motifs is 1. The maximum atomic E-state index is 9.81. The number of hydrogen-bond donors (Lipinski definition) is 4. The summed E-state index contributed by atoms with van der Waals surface area (Å²) in [5.41, 5.74) is 5.01. The van der Waals surface area contributed by atoms with Crippen molar-refractivity contribution in [1.29, 1.82) is 5.26 Å². The number of benzene rings is 3. The summed E-state index contributed by atoms with van der Waals surface area (Å²) in [6.07, 6.45) is 7.80. The molecule has 0 saturated carbocycles. The zero-order valence-electron chi connectivity index (χ0n) is 29.6. The summed E-state index contributed by atoms with van der Waals surface area (Å²) >= 11 is 10.6. The third kappa shape index (κ3) is 9.55. The molecule has 5 aromatic rings. The van der Waals surface area contributed by atoms with Gasteiger partial charge in [0.1, 0.15) is 30.8 Å². The van der Waals surface area contributed by atoms with Gasteiger partial charge in [0.25, 0.3) is 0 Å². The van der Waals surface area contributed by atoms with Crippen LogP contribution in [0.25, 0.3) is 22.0 Å². The van der Waals surface area contributed by atoms with E-state index in [-0.39, 0.29) is 39.1 Å². The average Bonchev–Trinajstić information content (AvgIpc) is 3.80. The molecule has 3 aromatic carbocycles. The van der Waals surface area contributed by atoms with Gasteiger partial charge in [0.2, 0.25) is 0 Å². The number of aliphatic hydroxyl groups is 3. The molecule has 1 aliphatic heterocycles. The molecule has 0 unspecified atom stereocenters. The number of nitriles is 1. The molecule has 1 atom stereocenters. The quantitative estimate of drug-likeness (QED) is 0.0799. The first-order valence-electron chi connectivity index (χ1n) is 17.7. The molecule has 11 nitrogen and oxygen atoms in total. The fourth-order valence-corrected chi connectivity index (χ4v) is 7.23. The van der Waals surface area contributed by atoms with E-state index in [0.29, 0.717) is 27.6 Å². The molecule has 0 bridgehead atoms. The first-order valence-corrected chi connectivity index (χ1v) is 18.9. The van der Waals surface area contributed by atoms with E-state index in [4.69, 9.17) is 26.2 Å². The third-order valence-electron chi connectivity index (χ3n) is 9.62. The highest BCUT2D eigenvalue weighted by Gasteiger charge is 2.23. The Labute approximate surface area is 322 Å².